The van der Waals surface area contributed by atoms with Gasteiger partial charge in [0.05, 0.1) is 39.9 Å². The first-order valence-corrected chi connectivity index (χ1v) is 31.4. The molecule has 22 nitrogen and oxygen atoms in total. The fraction of sp³-hybridized carbons (Fsp3) is 0.585. The Morgan fingerprint density at radius 3 is 1.35 bits per heavy atom. The molecule has 0 aromatic heterocycles. The van der Waals surface area contributed by atoms with Gasteiger partial charge >= 0.3 is 0 Å². The first-order chi connectivity index (χ1) is 31.5. The van der Waals surface area contributed by atoms with Gasteiger partial charge in [-0.3, -0.25) is 27.3 Å². The van der Waals surface area contributed by atoms with Crippen LogP contribution in [0.15, 0.2) is 60.3 Å². The molecule has 2 aliphatic heterocycles. The van der Waals surface area contributed by atoms with Crippen LogP contribution in [0.3, 0.4) is 0 Å². The van der Waals surface area contributed by atoms with Gasteiger partial charge in [-0.2, -0.15) is 55.1 Å². The Morgan fingerprint density at radius 2 is 0.913 bits per heavy atom. The Morgan fingerprint density at radius 1 is 0.522 bits per heavy atom. The third-order valence-corrected chi connectivity index (χ3v) is 16.7. The average Bonchev–Trinajstić information content (AvgIpc) is 3.51. The highest BCUT2D eigenvalue weighted by molar-refractivity contribution is 7.86. The quantitative estimate of drug-likeness (QED) is 0.0524. The van der Waals surface area contributed by atoms with E-state index in [-0.39, 0.29) is 77.8 Å². The average molecular weight is 1090 g/mol. The molecule has 2 heterocycles. The van der Waals surface area contributed by atoms with Crippen LogP contribution in [-0.2, 0) is 71.5 Å². The Labute approximate surface area is 406 Å². The number of anilines is 3. The van der Waals surface area contributed by atoms with E-state index in [1.165, 1.54) is 0 Å². The molecule has 0 radical (unpaired) electrons. The summed E-state index contributed by atoms with van der Waals surface area (Å²) in [5, 5.41) is 0. The fourth-order valence-electron chi connectivity index (χ4n) is 8.73. The summed E-state index contributed by atoms with van der Waals surface area (Å²) in [5.41, 5.74) is 3.71. The SMILES string of the molecule is CC1(C)C(=CC=CC2=[N+](CCCS(=O)(=O)O)c3ccc(N(CCCS(=O)(=O)O)CCCS(=O)(=O)O)cc3C2(C)C)N(CCCS(=O)(=O)O)c2ccc(N(CCCS(=O)(=O)O)CCCS(=O)(=O)O)cc21. The minimum Gasteiger partial charge on any atom is -0.371 e. The molecule has 6 N–H and O–H groups in total. The van der Waals surface area contributed by atoms with Crippen LogP contribution in [0.1, 0.15) is 77.3 Å². The van der Waals surface area contributed by atoms with E-state index in [0.29, 0.717) is 34.2 Å². The molecule has 2 aromatic carbocycles. The van der Waals surface area contributed by atoms with Gasteiger partial charge in [0.15, 0.2) is 5.71 Å². The summed E-state index contributed by atoms with van der Waals surface area (Å²) in [6.45, 7) is 8.30. The maximum Gasteiger partial charge on any atom is 0.265 e. The molecule has 28 heteroatoms. The lowest BCUT2D eigenvalue weighted by Gasteiger charge is -2.27. The summed E-state index contributed by atoms with van der Waals surface area (Å²) in [6, 6.07) is 10.7. The van der Waals surface area contributed by atoms with E-state index < -0.39 is 106 Å². The summed E-state index contributed by atoms with van der Waals surface area (Å²) in [5.74, 6) is -3.32. The van der Waals surface area contributed by atoms with Gasteiger partial charge in [-0.05, 0) is 87.9 Å². The van der Waals surface area contributed by atoms with Crippen molar-refractivity contribution in [3.05, 3.63) is 71.5 Å². The predicted molar refractivity (Wildman–Crippen MR) is 264 cm³/mol. The van der Waals surface area contributed by atoms with Gasteiger partial charge in [0.25, 0.3) is 60.7 Å². The zero-order valence-corrected chi connectivity index (χ0v) is 43.6. The Balaban J connectivity index is 1.81. The van der Waals surface area contributed by atoms with Crippen LogP contribution in [0.2, 0.25) is 0 Å². The topological polar surface area (TPSA) is 339 Å². The third kappa shape index (κ3) is 17.9. The van der Waals surface area contributed by atoms with E-state index in [1.807, 2.05) is 61.5 Å². The Kier molecular flexibility index (Phi) is 18.9. The van der Waals surface area contributed by atoms with Crippen molar-refractivity contribution in [3.63, 3.8) is 0 Å². The van der Waals surface area contributed by atoms with Gasteiger partial charge in [0.2, 0.25) is 5.69 Å². The molecular formula is C41H63N4O18S6+. The van der Waals surface area contributed by atoms with Crippen molar-refractivity contribution in [2.24, 2.45) is 0 Å². The van der Waals surface area contributed by atoms with Crippen molar-refractivity contribution in [1.29, 1.82) is 0 Å². The maximum absolute atomic E-state index is 11.8. The highest BCUT2D eigenvalue weighted by atomic mass is 32.2. The molecule has 4 rings (SSSR count). The van der Waals surface area contributed by atoms with Crippen LogP contribution < -0.4 is 14.7 Å². The first-order valence-electron chi connectivity index (χ1n) is 21.8. The van der Waals surface area contributed by atoms with Gasteiger partial charge in [0.1, 0.15) is 6.54 Å². The molecule has 2 aromatic rings. The highest BCUT2D eigenvalue weighted by Crippen LogP contribution is 2.49. The summed E-state index contributed by atoms with van der Waals surface area (Å²) in [6.07, 6.45) is 5.40. The molecule has 0 fully saturated rings. The molecule has 0 saturated heterocycles. The molecule has 390 valence electrons. The van der Waals surface area contributed by atoms with Crippen molar-refractivity contribution in [3.8, 4) is 0 Å². The monoisotopic (exact) mass is 1090 g/mol. The van der Waals surface area contributed by atoms with Crippen LogP contribution in [0.5, 0.6) is 0 Å². The summed E-state index contributed by atoms with van der Waals surface area (Å²) < 4.78 is 198. The minimum absolute atomic E-state index is 0.0115. The first kappa shape index (κ1) is 58.0. The van der Waals surface area contributed by atoms with E-state index in [0.717, 1.165) is 11.1 Å². The van der Waals surface area contributed by atoms with E-state index in [4.69, 9.17) is 0 Å². The highest BCUT2D eigenvalue weighted by Gasteiger charge is 2.45. The molecule has 0 atom stereocenters. The molecule has 2 aliphatic rings. The van der Waals surface area contributed by atoms with Gasteiger partial charge in [-0.25, -0.2) is 0 Å². The van der Waals surface area contributed by atoms with Crippen LogP contribution >= 0.6 is 0 Å². The summed E-state index contributed by atoms with van der Waals surface area (Å²) in [4.78, 5) is 5.35. The van der Waals surface area contributed by atoms with Gasteiger partial charge in [0, 0.05) is 85.0 Å². The van der Waals surface area contributed by atoms with E-state index >= 15 is 0 Å². The molecule has 0 saturated carbocycles. The lowest BCUT2D eigenvalue weighted by Crippen LogP contribution is -2.30. The third-order valence-electron chi connectivity index (χ3n) is 11.9. The van der Waals surface area contributed by atoms with Gasteiger partial charge < -0.3 is 14.7 Å². The molecule has 0 bridgehead atoms. The van der Waals surface area contributed by atoms with E-state index in [2.05, 4.69) is 0 Å². The van der Waals surface area contributed by atoms with E-state index in [9.17, 15) is 77.8 Å². The second-order valence-electron chi connectivity index (χ2n) is 18.1. The standard InChI is InChI=1S/C41H62N4O18S6/c1-40(2)34-30-32(42(18-6-24-64(46,47)48)19-7-25-65(49,50)51)14-16-36(34)44(22-10-28-68(58,59)60)38(40)12-5-13-39-41(3,4)35-31-33(15-17-37(35)45(39)23-11-29-69(61,62)63)43(20-8-26-66(52,53)54)21-9-27-67(55,56)57/h5,12-17,30-31H,6-11,18-29H2,1-4H3,(H5-,46,47,48,49,50,51,52,53,54,55,56,57,58,59,60,61,62,63)/p+1. The number of fused-ring (bicyclic) bond motifs is 2. The van der Waals surface area contributed by atoms with Gasteiger partial charge in [-0.1, -0.05) is 19.9 Å². The molecule has 0 spiro atoms. The summed E-state index contributed by atoms with van der Waals surface area (Å²) >= 11 is 0. The zero-order chi connectivity index (χ0) is 52.0. The molecule has 0 unspecified atom stereocenters. The maximum atomic E-state index is 11.8. The number of nitrogens with zero attached hydrogens (tertiary/aromatic N) is 4. The van der Waals surface area contributed by atoms with Crippen LogP contribution in [0, 0.1) is 0 Å². The molecular weight excluding hydrogens is 1030 g/mol. The lowest BCUT2D eigenvalue weighted by atomic mass is 9.81. The second-order valence-corrected chi connectivity index (χ2v) is 27.5. The van der Waals surface area contributed by atoms with Gasteiger partial charge in [-0.15, -0.1) is 0 Å². The van der Waals surface area contributed by atoms with Crippen LogP contribution in [0.25, 0.3) is 0 Å². The Hall–Kier alpha value is -3.55. The number of allylic oxidation sites excluding steroid dienone is 4. The van der Waals surface area contributed by atoms with Crippen molar-refractivity contribution >= 4 is 89.2 Å². The minimum atomic E-state index is -4.34. The number of rotatable bonds is 28. The van der Waals surface area contributed by atoms with Crippen LogP contribution in [0.4, 0.5) is 22.7 Å². The molecule has 0 amide bonds. The predicted octanol–water partition coefficient (Wildman–Crippen LogP) is 3.58. The smallest absolute Gasteiger partial charge is 0.265 e. The van der Waals surface area contributed by atoms with Crippen molar-refractivity contribution < 1.29 is 82.4 Å². The number of hydrogen-bond acceptors (Lipinski definition) is 15. The van der Waals surface area contributed by atoms with Crippen LogP contribution in [-0.4, -0.2) is 162 Å². The van der Waals surface area contributed by atoms with E-state index in [1.54, 1.807) is 40.1 Å². The Bertz CT molecular complexity index is 2910. The summed E-state index contributed by atoms with van der Waals surface area (Å²) in [7, 11) is -25.9. The fourth-order valence-corrected chi connectivity index (χ4v) is 11.7. The number of hydrogen-bond donors (Lipinski definition) is 6. The normalized spacial score (nSPS) is 17.0. The van der Waals surface area contributed by atoms with Crippen molar-refractivity contribution in [1.82, 2.24) is 0 Å². The van der Waals surface area contributed by atoms with Crippen molar-refractivity contribution in [2.45, 2.75) is 77.0 Å². The lowest BCUT2D eigenvalue weighted by molar-refractivity contribution is -0.437. The van der Waals surface area contributed by atoms with Crippen molar-refractivity contribution in [2.75, 3.05) is 88.5 Å². The number of benzene rings is 2. The zero-order valence-electron chi connectivity index (χ0n) is 38.7. The largest absolute Gasteiger partial charge is 0.371 e. The second kappa shape index (κ2) is 22.5. The molecule has 69 heavy (non-hydrogen) atoms. The molecule has 0 aliphatic carbocycles.